The summed E-state index contributed by atoms with van der Waals surface area (Å²) in [5, 5.41) is 0. The van der Waals surface area contributed by atoms with E-state index in [1.165, 1.54) is 0 Å². The molecule has 0 unspecified atom stereocenters. The van der Waals surface area contributed by atoms with Crippen LogP contribution in [0.2, 0.25) is 0 Å². The van der Waals surface area contributed by atoms with Crippen molar-refractivity contribution in [2.24, 2.45) is 10.9 Å². The summed E-state index contributed by atoms with van der Waals surface area (Å²) in [4.78, 5) is 4.81. The van der Waals surface area contributed by atoms with Gasteiger partial charge in [-0.2, -0.15) is 0 Å². The SMILES string of the molecule is CC[C@H](C)[C@@H]1N=C(c2ccccc2Br)OC1(C)C. The largest absolute Gasteiger partial charge is 0.469 e. The van der Waals surface area contributed by atoms with Crippen LogP contribution in [-0.2, 0) is 4.74 Å². The van der Waals surface area contributed by atoms with Gasteiger partial charge in [0, 0.05) is 4.47 Å². The predicted molar refractivity (Wildman–Crippen MR) is 79.1 cm³/mol. The second-order valence-electron chi connectivity index (χ2n) is 5.45. The molecule has 0 aromatic heterocycles. The van der Waals surface area contributed by atoms with Crippen LogP contribution in [0, 0.1) is 5.92 Å². The molecule has 98 valence electrons. The van der Waals surface area contributed by atoms with Gasteiger partial charge in [0.05, 0.1) is 11.6 Å². The summed E-state index contributed by atoms with van der Waals surface area (Å²) in [5.41, 5.74) is 0.816. The number of nitrogens with zero attached hydrogens (tertiary/aromatic N) is 1. The molecule has 1 aromatic rings. The van der Waals surface area contributed by atoms with E-state index in [1.807, 2.05) is 24.3 Å². The van der Waals surface area contributed by atoms with Gasteiger partial charge in [-0.05, 0) is 47.8 Å². The third kappa shape index (κ3) is 2.46. The predicted octanol–water partition coefficient (Wildman–Crippen LogP) is 4.42. The van der Waals surface area contributed by atoms with E-state index in [1.54, 1.807) is 0 Å². The number of aliphatic imine (C=N–C) groups is 1. The number of hydrogen-bond acceptors (Lipinski definition) is 2. The Labute approximate surface area is 118 Å². The van der Waals surface area contributed by atoms with Crippen LogP contribution in [-0.4, -0.2) is 17.5 Å². The molecule has 2 nitrogen and oxygen atoms in total. The van der Waals surface area contributed by atoms with Crippen LogP contribution in [0.1, 0.15) is 39.7 Å². The van der Waals surface area contributed by atoms with Crippen LogP contribution in [0.15, 0.2) is 33.7 Å². The first-order valence-electron chi connectivity index (χ1n) is 6.47. The van der Waals surface area contributed by atoms with Gasteiger partial charge in [-0.1, -0.05) is 32.4 Å². The molecule has 0 fully saturated rings. The molecule has 0 bridgehead atoms. The van der Waals surface area contributed by atoms with Crippen molar-refractivity contribution in [2.45, 2.75) is 45.8 Å². The standard InChI is InChI=1S/C15H20BrNO/c1-5-10(2)13-15(3,4)18-14(17-13)11-8-6-7-9-12(11)16/h6-10,13H,5H2,1-4H3/t10-,13-/m0/s1. The van der Waals surface area contributed by atoms with Crippen molar-refractivity contribution >= 4 is 21.8 Å². The zero-order chi connectivity index (χ0) is 13.3. The molecule has 1 aromatic carbocycles. The highest BCUT2D eigenvalue weighted by Crippen LogP contribution is 2.34. The van der Waals surface area contributed by atoms with Crippen molar-refractivity contribution in [3.63, 3.8) is 0 Å². The zero-order valence-corrected chi connectivity index (χ0v) is 13.0. The van der Waals surface area contributed by atoms with Crippen LogP contribution >= 0.6 is 15.9 Å². The van der Waals surface area contributed by atoms with Gasteiger partial charge < -0.3 is 4.74 Å². The van der Waals surface area contributed by atoms with Crippen molar-refractivity contribution < 1.29 is 4.74 Å². The van der Waals surface area contributed by atoms with E-state index in [0.29, 0.717) is 5.92 Å². The van der Waals surface area contributed by atoms with Gasteiger partial charge in [-0.25, -0.2) is 4.99 Å². The van der Waals surface area contributed by atoms with Gasteiger partial charge in [-0.3, -0.25) is 0 Å². The minimum atomic E-state index is -0.222. The van der Waals surface area contributed by atoms with Crippen LogP contribution in [0.5, 0.6) is 0 Å². The van der Waals surface area contributed by atoms with E-state index in [0.717, 1.165) is 22.4 Å². The lowest BCUT2D eigenvalue weighted by atomic mass is 9.87. The smallest absolute Gasteiger partial charge is 0.218 e. The molecule has 0 amide bonds. The summed E-state index contributed by atoms with van der Waals surface area (Å²) in [5.74, 6) is 1.29. The average molecular weight is 310 g/mol. The maximum atomic E-state index is 6.07. The molecule has 2 rings (SSSR count). The molecule has 2 atom stereocenters. The maximum absolute atomic E-state index is 6.07. The van der Waals surface area contributed by atoms with Gasteiger partial charge in [0.2, 0.25) is 5.90 Å². The van der Waals surface area contributed by atoms with E-state index in [4.69, 9.17) is 9.73 Å². The molecule has 0 aliphatic carbocycles. The van der Waals surface area contributed by atoms with Gasteiger partial charge >= 0.3 is 0 Å². The first kappa shape index (κ1) is 13.6. The number of ether oxygens (including phenoxy) is 1. The lowest BCUT2D eigenvalue weighted by molar-refractivity contribution is 0.0774. The molecule has 0 spiro atoms. The van der Waals surface area contributed by atoms with Crippen molar-refractivity contribution in [1.29, 1.82) is 0 Å². The second kappa shape index (κ2) is 5.04. The minimum Gasteiger partial charge on any atom is -0.469 e. The summed E-state index contributed by atoms with van der Waals surface area (Å²) in [6.07, 6.45) is 1.12. The summed E-state index contributed by atoms with van der Waals surface area (Å²) in [7, 11) is 0. The summed E-state index contributed by atoms with van der Waals surface area (Å²) in [6, 6.07) is 8.29. The first-order chi connectivity index (χ1) is 8.45. The van der Waals surface area contributed by atoms with E-state index in [9.17, 15) is 0 Å². The van der Waals surface area contributed by atoms with Crippen molar-refractivity contribution in [3.8, 4) is 0 Å². The Kier molecular flexibility index (Phi) is 3.81. The Bertz CT molecular complexity index is 467. The zero-order valence-electron chi connectivity index (χ0n) is 11.4. The Balaban J connectivity index is 2.35. The molecule has 1 aliphatic rings. The summed E-state index contributed by atoms with van der Waals surface area (Å²) in [6.45, 7) is 8.68. The van der Waals surface area contributed by atoms with E-state index in [-0.39, 0.29) is 11.6 Å². The maximum Gasteiger partial charge on any atom is 0.218 e. The molecule has 1 aliphatic heterocycles. The van der Waals surface area contributed by atoms with Crippen molar-refractivity contribution in [3.05, 3.63) is 34.3 Å². The lowest BCUT2D eigenvalue weighted by Gasteiger charge is -2.28. The Morgan fingerprint density at radius 3 is 2.67 bits per heavy atom. The normalized spacial score (nSPS) is 23.4. The first-order valence-corrected chi connectivity index (χ1v) is 7.26. The van der Waals surface area contributed by atoms with Gasteiger partial charge in [-0.15, -0.1) is 0 Å². The van der Waals surface area contributed by atoms with Crippen LogP contribution in [0.25, 0.3) is 0 Å². The molecule has 3 heteroatoms. The third-order valence-electron chi connectivity index (χ3n) is 3.62. The van der Waals surface area contributed by atoms with Crippen LogP contribution in [0.3, 0.4) is 0 Å². The molecular weight excluding hydrogens is 290 g/mol. The molecule has 0 saturated carbocycles. The van der Waals surface area contributed by atoms with E-state index < -0.39 is 0 Å². The number of rotatable bonds is 3. The quantitative estimate of drug-likeness (QED) is 0.810. The molecular formula is C15H20BrNO. The van der Waals surface area contributed by atoms with Gasteiger partial charge in [0.15, 0.2) is 0 Å². The number of halogens is 1. The van der Waals surface area contributed by atoms with Gasteiger partial charge in [0.1, 0.15) is 5.60 Å². The van der Waals surface area contributed by atoms with Crippen molar-refractivity contribution in [2.75, 3.05) is 0 Å². The number of benzene rings is 1. The highest BCUT2D eigenvalue weighted by molar-refractivity contribution is 9.10. The monoisotopic (exact) mass is 309 g/mol. The van der Waals surface area contributed by atoms with Crippen molar-refractivity contribution in [1.82, 2.24) is 0 Å². The Morgan fingerprint density at radius 2 is 2.06 bits per heavy atom. The molecule has 18 heavy (non-hydrogen) atoms. The Morgan fingerprint density at radius 1 is 1.39 bits per heavy atom. The highest BCUT2D eigenvalue weighted by atomic mass is 79.9. The van der Waals surface area contributed by atoms with E-state index >= 15 is 0 Å². The van der Waals surface area contributed by atoms with E-state index in [2.05, 4.69) is 43.6 Å². The molecule has 0 N–H and O–H groups in total. The summed E-state index contributed by atoms with van der Waals surface area (Å²) < 4.78 is 7.10. The molecule has 0 saturated heterocycles. The van der Waals surface area contributed by atoms with Crippen LogP contribution < -0.4 is 0 Å². The van der Waals surface area contributed by atoms with Crippen LogP contribution in [0.4, 0.5) is 0 Å². The summed E-state index contributed by atoms with van der Waals surface area (Å²) >= 11 is 3.56. The topological polar surface area (TPSA) is 21.6 Å². The lowest BCUT2D eigenvalue weighted by Crippen LogP contribution is -2.37. The minimum absolute atomic E-state index is 0.222. The fourth-order valence-corrected chi connectivity index (χ4v) is 2.87. The third-order valence-corrected chi connectivity index (χ3v) is 4.31. The fourth-order valence-electron chi connectivity index (χ4n) is 2.41. The van der Waals surface area contributed by atoms with Gasteiger partial charge in [0.25, 0.3) is 0 Å². The number of hydrogen-bond donors (Lipinski definition) is 0. The molecule has 1 heterocycles. The second-order valence-corrected chi connectivity index (χ2v) is 6.30. The Hall–Kier alpha value is -0.830. The molecule has 0 radical (unpaired) electrons. The highest BCUT2D eigenvalue weighted by Gasteiger charge is 2.41. The fraction of sp³-hybridized carbons (Fsp3) is 0.533. The average Bonchev–Trinajstić information content (AvgIpc) is 2.64.